The van der Waals surface area contributed by atoms with Gasteiger partial charge in [0.05, 0.1) is 11.8 Å². The minimum atomic E-state index is -2.29. The lowest BCUT2D eigenvalue weighted by Gasteiger charge is -2.09. The van der Waals surface area contributed by atoms with E-state index in [0.29, 0.717) is 0 Å². The molecule has 2 aromatic rings. The molecule has 4 nitrogen and oxygen atoms in total. The van der Waals surface area contributed by atoms with Crippen molar-refractivity contribution in [2.24, 2.45) is 0 Å². The zero-order chi connectivity index (χ0) is 15.0. The molecule has 0 saturated carbocycles. The molecule has 0 aliphatic rings. The van der Waals surface area contributed by atoms with E-state index in [2.05, 4.69) is 10.2 Å². The van der Waals surface area contributed by atoms with E-state index in [-0.39, 0.29) is 11.3 Å². The smallest absolute Gasteiger partial charge is 0.259 e. The fourth-order valence-electron chi connectivity index (χ4n) is 1.48. The number of H-pyrrole nitrogens is 1. The van der Waals surface area contributed by atoms with Gasteiger partial charge < -0.3 is 5.32 Å². The van der Waals surface area contributed by atoms with Gasteiger partial charge in [0.25, 0.3) is 5.91 Å². The second kappa shape index (κ2) is 4.91. The largest absolute Gasteiger partial charge is 0.317 e. The van der Waals surface area contributed by atoms with Gasteiger partial charge in [0.2, 0.25) is 5.82 Å². The summed E-state index contributed by atoms with van der Waals surface area (Å²) in [6.07, 6.45) is 1.05. The van der Waals surface area contributed by atoms with Crippen molar-refractivity contribution in [2.75, 3.05) is 5.32 Å². The van der Waals surface area contributed by atoms with Crippen molar-refractivity contribution in [2.45, 2.75) is 6.92 Å². The summed E-state index contributed by atoms with van der Waals surface area (Å²) in [6.45, 7) is 1.44. The number of hydrogen-bond acceptors (Lipinski definition) is 2. The first-order valence-electron chi connectivity index (χ1n) is 5.17. The van der Waals surface area contributed by atoms with Crippen molar-refractivity contribution in [3.05, 3.63) is 46.5 Å². The number of rotatable bonds is 2. The van der Waals surface area contributed by atoms with Gasteiger partial charge in [0, 0.05) is 5.69 Å². The number of nitrogens with zero attached hydrogens (tertiary/aromatic N) is 1. The van der Waals surface area contributed by atoms with Gasteiger partial charge >= 0.3 is 0 Å². The molecule has 1 aromatic carbocycles. The third-order valence-electron chi connectivity index (χ3n) is 2.52. The van der Waals surface area contributed by atoms with Crippen molar-refractivity contribution in [1.82, 2.24) is 10.2 Å². The lowest BCUT2D eigenvalue weighted by molar-refractivity contribution is 0.102. The lowest BCUT2D eigenvalue weighted by Crippen LogP contribution is -2.17. The summed E-state index contributed by atoms with van der Waals surface area (Å²) in [7, 11) is 0. The van der Waals surface area contributed by atoms with Crippen LogP contribution in [-0.2, 0) is 0 Å². The van der Waals surface area contributed by atoms with Gasteiger partial charge in [-0.3, -0.25) is 9.89 Å². The first kappa shape index (κ1) is 14.0. The van der Waals surface area contributed by atoms with E-state index in [0.717, 1.165) is 6.20 Å². The van der Waals surface area contributed by atoms with Gasteiger partial charge in [-0.2, -0.15) is 5.10 Å². The van der Waals surface area contributed by atoms with Crippen LogP contribution in [-0.4, -0.2) is 16.1 Å². The third-order valence-corrected chi connectivity index (χ3v) is 2.52. The highest BCUT2D eigenvalue weighted by Gasteiger charge is 2.27. The van der Waals surface area contributed by atoms with Crippen LogP contribution in [0, 0.1) is 36.0 Å². The maximum Gasteiger partial charge on any atom is 0.259 e. The van der Waals surface area contributed by atoms with Crippen LogP contribution < -0.4 is 5.32 Å². The molecule has 1 aromatic heterocycles. The molecule has 20 heavy (non-hydrogen) atoms. The SMILES string of the molecule is Cc1[nH]ncc1C(=O)Nc1c(F)c(F)c(F)c(F)c1F. The van der Waals surface area contributed by atoms with Crippen molar-refractivity contribution in [3.63, 3.8) is 0 Å². The summed E-state index contributed by atoms with van der Waals surface area (Å²) < 4.78 is 65.4. The number of carbonyl (C=O) groups is 1. The molecule has 1 heterocycles. The highest BCUT2D eigenvalue weighted by molar-refractivity contribution is 6.05. The third kappa shape index (κ3) is 2.10. The molecule has 0 bridgehead atoms. The zero-order valence-electron chi connectivity index (χ0n) is 9.82. The molecule has 0 unspecified atom stereocenters. The van der Waals surface area contributed by atoms with Crippen LogP contribution in [0.5, 0.6) is 0 Å². The Hall–Kier alpha value is -2.45. The van der Waals surface area contributed by atoms with E-state index in [1.807, 2.05) is 0 Å². The first-order valence-corrected chi connectivity index (χ1v) is 5.17. The second-order valence-electron chi connectivity index (χ2n) is 3.81. The summed E-state index contributed by atoms with van der Waals surface area (Å²) in [5, 5.41) is 7.52. The summed E-state index contributed by atoms with van der Waals surface area (Å²) in [5.41, 5.74) is -1.23. The average molecular weight is 291 g/mol. The van der Waals surface area contributed by atoms with Crippen molar-refractivity contribution >= 4 is 11.6 Å². The number of benzene rings is 1. The molecule has 2 N–H and O–H groups in total. The molecule has 9 heteroatoms. The molecule has 0 aliphatic carbocycles. The number of aryl methyl sites for hydroxylation is 1. The predicted octanol–water partition coefficient (Wildman–Crippen LogP) is 2.67. The Labute approximate surface area is 108 Å². The zero-order valence-corrected chi connectivity index (χ0v) is 9.82. The maximum atomic E-state index is 13.3. The van der Waals surface area contributed by atoms with E-state index in [4.69, 9.17) is 0 Å². The van der Waals surface area contributed by atoms with E-state index < -0.39 is 40.7 Å². The number of carbonyl (C=O) groups excluding carboxylic acids is 1. The number of nitrogens with one attached hydrogen (secondary N) is 2. The highest BCUT2D eigenvalue weighted by Crippen LogP contribution is 2.27. The molecule has 2 rings (SSSR count). The van der Waals surface area contributed by atoms with E-state index in [1.54, 1.807) is 5.32 Å². The summed E-state index contributed by atoms with van der Waals surface area (Å²) in [6, 6.07) is 0. The molecule has 0 atom stereocenters. The lowest BCUT2D eigenvalue weighted by atomic mass is 10.2. The Morgan fingerprint density at radius 1 is 1.05 bits per heavy atom. The van der Waals surface area contributed by atoms with E-state index in [9.17, 15) is 26.7 Å². The summed E-state index contributed by atoms with van der Waals surface area (Å²) in [4.78, 5) is 11.7. The van der Waals surface area contributed by atoms with Crippen LogP contribution in [0.1, 0.15) is 16.1 Å². The van der Waals surface area contributed by atoms with Gasteiger partial charge in [0.1, 0.15) is 5.69 Å². The molecule has 0 radical (unpaired) electrons. The molecular weight excluding hydrogens is 285 g/mol. The van der Waals surface area contributed by atoms with Crippen LogP contribution in [0.15, 0.2) is 6.20 Å². The Morgan fingerprint density at radius 2 is 1.55 bits per heavy atom. The molecule has 0 aliphatic heterocycles. The van der Waals surface area contributed by atoms with Crippen molar-refractivity contribution in [1.29, 1.82) is 0 Å². The topological polar surface area (TPSA) is 57.8 Å². The minimum Gasteiger partial charge on any atom is -0.317 e. The van der Waals surface area contributed by atoms with E-state index >= 15 is 0 Å². The van der Waals surface area contributed by atoms with Gasteiger partial charge in [-0.05, 0) is 6.92 Å². The van der Waals surface area contributed by atoms with Gasteiger partial charge in [-0.1, -0.05) is 0 Å². The fourth-order valence-corrected chi connectivity index (χ4v) is 1.48. The Morgan fingerprint density at radius 3 is 2.00 bits per heavy atom. The molecule has 0 saturated heterocycles. The molecule has 106 valence electrons. The number of aromatic nitrogens is 2. The highest BCUT2D eigenvalue weighted by atomic mass is 19.2. The summed E-state index contributed by atoms with van der Waals surface area (Å²) in [5.74, 6) is -11.9. The van der Waals surface area contributed by atoms with Crippen LogP contribution >= 0.6 is 0 Å². The first-order chi connectivity index (χ1) is 9.34. The average Bonchev–Trinajstić information content (AvgIpc) is 2.85. The molecular formula is C11H6F5N3O. The Balaban J connectivity index is 2.45. The standard InChI is InChI=1S/C11H6F5N3O/c1-3-4(2-17-19-3)11(20)18-10-8(15)6(13)5(12)7(14)9(10)16/h2H,1H3,(H,17,19)(H,18,20). The van der Waals surface area contributed by atoms with Gasteiger partial charge in [0.15, 0.2) is 23.3 Å². The number of hydrogen-bond donors (Lipinski definition) is 2. The van der Waals surface area contributed by atoms with Gasteiger partial charge in [-0.15, -0.1) is 0 Å². The van der Waals surface area contributed by atoms with Gasteiger partial charge in [-0.25, -0.2) is 22.0 Å². The minimum absolute atomic E-state index is 0.0889. The normalized spacial score (nSPS) is 10.7. The van der Waals surface area contributed by atoms with E-state index in [1.165, 1.54) is 6.92 Å². The molecule has 1 amide bonds. The number of amides is 1. The molecule has 0 spiro atoms. The van der Waals surface area contributed by atoms with Crippen LogP contribution in [0.2, 0.25) is 0 Å². The maximum absolute atomic E-state index is 13.3. The number of halogens is 5. The van der Waals surface area contributed by atoms with Crippen molar-refractivity contribution < 1.29 is 26.7 Å². The predicted molar refractivity (Wildman–Crippen MR) is 57.5 cm³/mol. The Kier molecular flexibility index (Phi) is 3.43. The monoisotopic (exact) mass is 291 g/mol. The van der Waals surface area contributed by atoms with Crippen LogP contribution in [0.3, 0.4) is 0 Å². The van der Waals surface area contributed by atoms with Crippen LogP contribution in [0.25, 0.3) is 0 Å². The Bertz CT molecular complexity index is 669. The van der Waals surface area contributed by atoms with Crippen LogP contribution in [0.4, 0.5) is 27.6 Å². The van der Waals surface area contributed by atoms with Crippen molar-refractivity contribution in [3.8, 4) is 0 Å². The quantitative estimate of drug-likeness (QED) is 0.508. The fraction of sp³-hybridized carbons (Fsp3) is 0.0909. The number of aromatic amines is 1. The number of anilines is 1. The summed E-state index contributed by atoms with van der Waals surface area (Å²) >= 11 is 0. The molecule has 0 fully saturated rings. The second-order valence-corrected chi connectivity index (χ2v) is 3.81.